The molecule has 0 fully saturated rings. The molecule has 4 N–H and O–H groups in total. The normalized spacial score (nSPS) is 13.8. The van der Waals surface area contributed by atoms with Crippen molar-refractivity contribution in [3.63, 3.8) is 0 Å². The van der Waals surface area contributed by atoms with Gasteiger partial charge in [0.05, 0.1) is 0 Å². The van der Waals surface area contributed by atoms with Gasteiger partial charge < -0.3 is 11.5 Å². The van der Waals surface area contributed by atoms with Gasteiger partial charge >= 0.3 is 0 Å². The molecule has 0 aromatic heterocycles. The summed E-state index contributed by atoms with van der Waals surface area (Å²) in [4.78, 5) is 0. The number of nitrogens with two attached hydrogens (primary N) is 2. The molecule has 0 saturated carbocycles. The molecule has 4 heteroatoms. The summed E-state index contributed by atoms with van der Waals surface area (Å²) in [7, 11) is 0. The highest BCUT2D eigenvalue weighted by molar-refractivity contribution is 14.2. The van der Waals surface area contributed by atoms with E-state index in [1.54, 1.807) is 0 Å². The van der Waals surface area contributed by atoms with Crippen molar-refractivity contribution >= 4 is 45.2 Å². The molecule has 0 amide bonds. The van der Waals surface area contributed by atoms with Crippen molar-refractivity contribution in [1.82, 2.24) is 0 Å². The summed E-state index contributed by atoms with van der Waals surface area (Å²) < 4.78 is -0.154. The Balaban J connectivity index is 3.89. The molecule has 0 aromatic carbocycles. The van der Waals surface area contributed by atoms with Crippen LogP contribution in [0.25, 0.3) is 0 Å². The second-order valence-electron chi connectivity index (χ2n) is 3.31. The zero-order valence-corrected chi connectivity index (χ0v) is 10.6. The zero-order chi connectivity index (χ0) is 8.41. The van der Waals surface area contributed by atoms with Crippen LogP contribution in [0.5, 0.6) is 0 Å². The topological polar surface area (TPSA) is 52.0 Å². The Kier molecular flexibility index (Phi) is 4.39. The maximum atomic E-state index is 5.81. The molecule has 0 aliphatic heterocycles. The summed E-state index contributed by atoms with van der Waals surface area (Å²) in [5.41, 5.74) is 11.5. The zero-order valence-electron chi connectivity index (χ0n) is 6.32. The lowest BCUT2D eigenvalue weighted by molar-refractivity contribution is 0.345. The van der Waals surface area contributed by atoms with Crippen molar-refractivity contribution in [1.29, 1.82) is 0 Å². The van der Waals surface area contributed by atoms with Crippen LogP contribution in [0.15, 0.2) is 0 Å². The van der Waals surface area contributed by atoms with E-state index in [9.17, 15) is 0 Å². The molecule has 0 aromatic rings. The minimum absolute atomic E-state index is 0.154. The fourth-order valence-electron chi connectivity index (χ4n) is 0.710. The summed E-state index contributed by atoms with van der Waals surface area (Å²) in [6, 6.07) is 0. The van der Waals surface area contributed by atoms with E-state index in [1.807, 2.05) is 0 Å². The maximum absolute atomic E-state index is 5.81. The minimum Gasteiger partial charge on any atom is -0.330 e. The van der Waals surface area contributed by atoms with E-state index in [-0.39, 0.29) is 6.97 Å². The summed E-state index contributed by atoms with van der Waals surface area (Å²) in [6.45, 7) is 4.95. The summed E-state index contributed by atoms with van der Waals surface area (Å²) in [5, 5.41) is 0. The molecule has 0 bridgehead atoms. The molecule has 0 rings (SSSR count). The largest absolute Gasteiger partial charge is 0.330 e. The molecule has 0 spiro atoms. The third-order valence-corrected chi connectivity index (χ3v) is 2.03. The molecule has 0 unspecified atom stereocenters. The van der Waals surface area contributed by atoms with Crippen LogP contribution in [0, 0.1) is 5.41 Å². The fourth-order valence-corrected chi connectivity index (χ4v) is 2.78. The number of hydrogen-bond acceptors (Lipinski definition) is 2. The first-order valence-corrected chi connectivity index (χ1v) is 5.29. The highest BCUT2D eigenvalue weighted by Crippen LogP contribution is 2.34. The van der Waals surface area contributed by atoms with Gasteiger partial charge in [-0.25, -0.2) is 0 Å². The van der Waals surface area contributed by atoms with E-state index in [4.69, 9.17) is 11.5 Å². The van der Waals surface area contributed by atoms with E-state index < -0.39 is 0 Å². The van der Waals surface area contributed by atoms with Gasteiger partial charge in [0.1, 0.15) is 1.55 Å². The van der Waals surface area contributed by atoms with Crippen LogP contribution in [0.4, 0.5) is 0 Å². The van der Waals surface area contributed by atoms with Gasteiger partial charge in [-0.3, -0.25) is 0 Å². The molecule has 0 heterocycles. The predicted octanol–water partition coefficient (Wildman–Crippen LogP) is 1.84. The lowest BCUT2D eigenvalue weighted by Crippen LogP contribution is -2.35. The van der Waals surface area contributed by atoms with Crippen LogP contribution >= 0.6 is 45.2 Å². The average Bonchev–Trinajstić information content (AvgIpc) is 1.60. The monoisotopic (exact) mass is 368 g/mol. The highest BCUT2D eigenvalue weighted by atomic mass is 127. The first kappa shape index (κ1) is 11.4. The third kappa shape index (κ3) is 6.11. The van der Waals surface area contributed by atoms with Crippen LogP contribution in [0.3, 0.4) is 0 Å². The number of alkyl halides is 2. The van der Waals surface area contributed by atoms with Gasteiger partial charge in [-0.05, 0) is 63.6 Å². The molecule has 10 heavy (non-hydrogen) atoms. The van der Waals surface area contributed by atoms with Gasteiger partial charge in [-0.15, -0.1) is 0 Å². The minimum atomic E-state index is -0.154. The lowest BCUT2D eigenvalue weighted by atomic mass is 9.90. The fraction of sp³-hybridized carbons (Fsp3) is 1.00. The smallest absolute Gasteiger partial charge is 0.120 e. The van der Waals surface area contributed by atoms with E-state index in [2.05, 4.69) is 59.0 Å². The molecule has 0 aliphatic carbocycles. The number of rotatable bonds is 3. The number of halogens is 2. The average molecular weight is 368 g/mol. The summed E-state index contributed by atoms with van der Waals surface area (Å²) >= 11 is 4.47. The maximum Gasteiger partial charge on any atom is 0.120 e. The SMILES string of the molecule is CC(C)(CN)CC(N)(I)I. The highest BCUT2D eigenvalue weighted by Gasteiger charge is 2.26. The quantitative estimate of drug-likeness (QED) is 0.454. The van der Waals surface area contributed by atoms with Gasteiger partial charge in [-0.2, -0.15) is 0 Å². The Labute approximate surface area is 89.8 Å². The van der Waals surface area contributed by atoms with Gasteiger partial charge in [0.25, 0.3) is 0 Å². The van der Waals surface area contributed by atoms with Crippen molar-refractivity contribution in [3.8, 4) is 0 Å². The predicted molar refractivity (Wildman–Crippen MR) is 62.4 cm³/mol. The Hall–Kier alpha value is 1.38. The summed E-state index contributed by atoms with van der Waals surface area (Å²) in [6.07, 6.45) is 0.942. The molecular formula is C6H14I2N2. The molecule has 0 radical (unpaired) electrons. The van der Waals surface area contributed by atoms with Crippen molar-refractivity contribution in [2.45, 2.75) is 21.8 Å². The van der Waals surface area contributed by atoms with Crippen molar-refractivity contribution in [2.75, 3.05) is 6.54 Å². The van der Waals surface area contributed by atoms with Gasteiger partial charge in [0.2, 0.25) is 0 Å². The molecule has 0 atom stereocenters. The van der Waals surface area contributed by atoms with E-state index >= 15 is 0 Å². The Bertz CT molecular complexity index is 107. The molecular weight excluding hydrogens is 354 g/mol. The van der Waals surface area contributed by atoms with Crippen LogP contribution in [0.2, 0.25) is 0 Å². The first-order valence-electron chi connectivity index (χ1n) is 3.14. The van der Waals surface area contributed by atoms with E-state index in [0.29, 0.717) is 6.54 Å². The Morgan fingerprint density at radius 1 is 1.30 bits per heavy atom. The van der Waals surface area contributed by atoms with Crippen molar-refractivity contribution in [2.24, 2.45) is 16.9 Å². The van der Waals surface area contributed by atoms with Gasteiger partial charge in [-0.1, -0.05) is 13.8 Å². The molecule has 0 aliphatic rings. The lowest BCUT2D eigenvalue weighted by Gasteiger charge is -2.28. The standard InChI is InChI=1S/C6H14I2N2/c1-5(2,4-9)3-6(7,8)10/h3-4,9-10H2,1-2H3. The summed E-state index contributed by atoms with van der Waals surface area (Å²) in [5.74, 6) is 0. The van der Waals surface area contributed by atoms with Crippen molar-refractivity contribution in [3.05, 3.63) is 0 Å². The van der Waals surface area contributed by atoms with Gasteiger partial charge in [0, 0.05) is 0 Å². The molecule has 62 valence electrons. The van der Waals surface area contributed by atoms with Crippen LogP contribution in [0.1, 0.15) is 20.3 Å². The van der Waals surface area contributed by atoms with Crippen molar-refractivity contribution < 1.29 is 0 Å². The Morgan fingerprint density at radius 2 is 1.70 bits per heavy atom. The van der Waals surface area contributed by atoms with E-state index in [1.165, 1.54) is 0 Å². The molecule has 2 nitrogen and oxygen atoms in total. The van der Waals surface area contributed by atoms with Gasteiger partial charge in [0.15, 0.2) is 0 Å². The first-order chi connectivity index (χ1) is 4.27. The second kappa shape index (κ2) is 3.86. The second-order valence-corrected chi connectivity index (χ2v) is 9.22. The van der Waals surface area contributed by atoms with E-state index in [0.717, 1.165) is 6.42 Å². The number of hydrogen-bond donors (Lipinski definition) is 2. The third-order valence-electron chi connectivity index (χ3n) is 1.27. The van der Waals surface area contributed by atoms with Crippen LogP contribution < -0.4 is 11.5 Å². The van der Waals surface area contributed by atoms with Crippen LogP contribution in [-0.2, 0) is 0 Å². The Morgan fingerprint density at radius 3 is 1.80 bits per heavy atom. The van der Waals surface area contributed by atoms with Crippen LogP contribution in [-0.4, -0.2) is 8.10 Å². The molecule has 0 saturated heterocycles.